The molecule has 0 spiro atoms. The average Bonchev–Trinajstić information content (AvgIpc) is 2.51. The molecule has 0 atom stereocenters. The highest BCUT2D eigenvalue weighted by atomic mass is 35.5. The van der Waals surface area contributed by atoms with Crippen molar-refractivity contribution in [2.75, 3.05) is 0 Å². The molecule has 0 fully saturated rings. The molecule has 0 bridgehead atoms. The molecular weight excluding hydrogens is 312 g/mol. The van der Waals surface area contributed by atoms with E-state index in [4.69, 9.17) is 27.3 Å². The van der Waals surface area contributed by atoms with Gasteiger partial charge in [0.1, 0.15) is 24.0 Å². The summed E-state index contributed by atoms with van der Waals surface area (Å²) in [6.45, 7) is 2.42. The number of aryl methyl sites for hydroxylation is 1. The Bertz CT molecular complexity index is 807. The van der Waals surface area contributed by atoms with E-state index in [2.05, 4.69) is 0 Å². The van der Waals surface area contributed by atoms with Gasteiger partial charge in [0.25, 0.3) is 5.91 Å². The third kappa shape index (κ3) is 4.60. The van der Waals surface area contributed by atoms with Gasteiger partial charge in [-0.2, -0.15) is 5.26 Å². The fourth-order valence-electron chi connectivity index (χ4n) is 2.01. The van der Waals surface area contributed by atoms with Gasteiger partial charge in [-0.15, -0.1) is 0 Å². The first kappa shape index (κ1) is 16.6. The molecule has 2 aromatic carbocycles. The highest BCUT2D eigenvalue weighted by Gasteiger charge is 2.06. The monoisotopic (exact) mass is 326 g/mol. The van der Waals surface area contributed by atoms with Gasteiger partial charge in [-0.25, -0.2) is 0 Å². The van der Waals surface area contributed by atoms with Gasteiger partial charge in [-0.1, -0.05) is 47.5 Å². The van der Waals surface area contributed by atoms with E-state index in [1.165, 1.54) is 6.08 Å². The van der Waals surface area contributed by atoms with Gasteiger partial charge in [-0.3, -0.25) is 4.79 Å². The van der Waals surface area contributed by atoms with Crippen LogP contribution in [0, 0.1) is 18.3 Å². The molecule has 0 aliphatic rings. The first-order chi connectivity index (χ1) is 11.0. The van der Waals surface area contributed by atoms with Crippen molar-refractivity contribution in [1.29, 1.82) is 5.26 Å². The number of hydrogen-bond acceptors (Lipinski definition) is 3. The lowest BCUT2D eigenvalue weighted by Crippen LogP contribution is -2.12. The molecule has 0 unspecified atom stereocenters. The number of hydrogen-bond donors (Lipinski definition) is 1. The summed E-state index contributed by atoms with van der Waals surface area (Å²) in [6, 6.07) is 14.8. The smallest absolute Gasteiger partial charge is 0.259 e. The Balaban J connectivity index is 2.14. The maximum Gasteiger partial charge on any atom is 0.259 e. The zero-order valence-corrected chi connectivity index (χ0v) is 13.3. The molecular formula is C18H15ClN2O2. The number of carbonyl (C=O) groups is 1. The van der Waals surface area contributed by atoms with Gasteiger partial charge in [0.15, 0.2) is 0 Å². The number of amides is 1. The zero-order chi connectivity index (χ0) is 16.8. The molecule has 1 amide bonds. The number of halogens is 1. The molecule has 0 aromatic heterocycles. The normalized spacial score (nSPS) is 10.9. The van der Waals surface area contributed by atoms with Crippen molar-refractivity contribution in [3.63, 3.8) is 0 Å². The second-order valence-electron chi connectivity index (χ2n) is 5.00. The van der Waals surface area contributed by atoms with Crippen molar-refractivity contribution in [1.82, 2.24) is 0 Å². The Morgan fingerprint density at radius 2 is 2.13 bits per heavy atom. The van der Waals surface area contributed by atoms with Crippen molar-refractivity contribution in [2.45, 2.75) is 13.5 Å². The van der Waals surface area contributed by atoms with Crippen LogP contribution in [0.4, 0.5) is 0 Å². The van der Waals surface area contributed by atoms with Crippen LogP contribution in [0.25, 0.3) is 6.08 Å². The van der Waals surface area contributed by atoms with Gasteiger partial charge < -0.3 is 10.5 Å². The summed E-state index contributed by atoms with van der Waals surface area (Å²) in [5, 5.41) is 9.23. The number of benzene rings is 2. The number of primary amides is 1. The lowest BCUT2D eigenvalue weighted by Gasteiger charge is -2.09. The topological polar surface area (TPSA) is 76.1 Å². The number of nitriles is 1. The summed E-state index contributed by atoms with van der Waals surface area (Å²) in [5.74, 6) is -0.244. The maximum atomic E-state index is 11.0. The third-order valence-corrected chi connectivity index (χ3v) is 3.43. The molecule has 0 heterocycles. The van der Waals surface area contributed by atoms with Gasteiger partial charge in [-0.05, 0) is 36.3 Å². The number of rotatable bonds is 5. The van der Waals surface area contributed by atoms with Gasteiger partial charge in [0.2, 0.25) is 0 Å². The van der Waals surface area contributed by atoms with Crippen molar-refractivity contribution in [3.8, 4) is 11.8 Å². The fraction of sp³-hybridized carbons (Fsp3) is 0.111. The van der Waals surface area contributed by atoms with E-state index in [-0.39, 0.29) is 5.57 Å². The molecule has 0 saturated carbocycles. The Hall–Kier alpha value is -2.77. The minimum Gasteiger partial charge on any atom is -0.487 e. The Morgan fingerprint density at radius 3 is 2.74 bits per heavy atom. The van der Waals surface area contributed by atoms with Crippen LogP contribution in [0.5, 0.6) is 5.75 Å². The molecule has 2 aromatic rings. The number of ether oxygens (including phenoxy) is 1. The highest BCUT2D eigenvalue weighted by Crippen LogP contribution is 2.27. The summed E-state index contributed by atoms with van der Waals surface area (Å²) in [6.07, 6.45) is 1.39. The van der Waals surface area contributed by atoms with Crippen LogP contribution in [-0.2, 0) is 11.4 Å². The third-order valence-electron chi connectivity index (χ3n) is 3.13. The predicted octanol–water partition coefficient (Wildman–Crippen LogP) is 3.62. The van der Waals surface area contributed by atoms with Crippen molar-refractivity contribution in [2.24, 2.45) is 5.73 Å². The molecule has 116 valence electrons. The number of nitrogens with two attached hydrogens (primary N) is 1. The standard InChI is InChI=1S/C18H15ClN2O2/c1-12-3-2-4-14(7-12)11-23-17-6-5-13(9-16(17)19)8-15(10-20)18(21)22/h2-9H,11H2,1H3,(H2,21,22)/b15-8+. The predicted molar refractivity (Wildman–Crippen MR) is 89.7 cm³/mol. The summed E-state index contributed by atoms with van der Waals surface area (Å²) in [5.41, 5.74) is 7.78. The number of carbonyl (C=O) groups excluding carboxylic acids is 1. The van der Waals surface area contributed by atoms with Crippen LogP contribution in [0.1, 0.15) is 16.7 Å². The molecule has 2 rings (SSSR count). The van der Waals surface area contributed by atoms with Gasteiger partial charge >= 0.3 is 0 Å². The highest BCUT2D eigenvalue weighted by molar-refractivity contribution is 6.32. The van der Waals surface area contributed by atoms with Crippen molar-refractivity contribution < 1.29 is 9.53 Å². The van der Waals surface area contributed by atoms with Crippen LogP contribution in [0.15, 0.2) is 48.0 Å². The van der Waals surface area contributed by atoms with Gasteiger partial charge in [0, 0.05) is 0 Å². The van der Waals surface area contributed by atoms with E-state index in [0.29, 0.717) is 22.9 Å². The molecule has 0 aliphatic heterocycles. The van der Waals surface area contributed by atoms with Crippen LogP contribution in [0.2, 0.25) is 5.02 Å². The maximum absolute atomic E-state index is 11.0. The molecule has 0 aliphatic carbocycles. The SMILES string of the molecule is Cc1cccc(COc2ccc(/C=C(\C#N)C(N)=O)cc2Cl)c1. The van der Waals surface area contributed by atoms with E-state index in [1.54, 1.807) is 24.3 Å². The minimum absolute atomic E-state index is 0.130. The van der Waals surface area contributed by atoms with Crippen LogP contribution < -0.4 is 10.5 Å². The lowest BCUT2D eigenvalue weighted by molar-refractivity contribution is -0.114. The summed E-state index contributed by atoms with van der Waals surface area (Å²) in [4.78, 5) is 11.0. The first-order valence-corrected chi connectivity index (χ1v) is 7.27. The second-order valence-corrected chi connectivity index (χ2v) is 5.41. The first-order valence-electron chi connectivity index (χ1n) is 6.89. The summed E-state index contributed by atoms with van der Waals surface area (Å²) < 4.78 is 5.70. The number of nitrogens with zero attached hydrogens (tertiary/aromatic N) is 1. The van der Waals surface area contributed by atoms with Crippen LogP contribution in [-0.4, -0.2) is 5.91 Å². The van der Waals surface area contributed by atoms with Crippen molar-refractivity contribution in [3.05, 3.63) is 69.8 Å². The van der Waals surface area contributed by atoms with Crippen LogP contribution >= 0.6 is 11.6 Å². The van der Waals surface area contributed by atoms with E-state index in [0.717, 1.165) is 11.1 Å². The Morgan fingerprint density at radius 1 is 1.35 bits per heavy atom. The largest absolute Gasteiger partial charge is 0.487 e. The average molecular weight is 327 g/mol. The van der Waals surface area contributed by atoms with Crippen LogP contribution in [0.3, 0.4) is 0 Å². The fourth-order valence-corrected chi connectivity index (χ4v) is 2.26. The van der Waals surface area contributed by atoms with E-state index in [1.807, 2.05) is 31.2 Å². The molecule has 0 radical (unpaired) electrons. The molecule has 5 heteroatoms. The Labute approximate surface area is 139 Å². The molecule has 23 heavy (non-hydrogen) atoms. The van der Waals surface area contributed by atoms with Gasteiger partial charge in [0.05, 0.1) is 5.02 Å². The van der Waals surface area contributed by atoms with E-state index < -0.39 is 5.91 Å². The molecule has 0 saturated heterocycles. The molecule has 4 nitrogen and oxygen atoms in total. The van der Waals surface area contributed by atoms with Crippen molar-refractivity contribution >= 4 is 23.6 Å². The van der Waals surface area contributed by atoms with E-state index in [9.17, 15) is 4.79 Å². The van der Waals surface area contributed by atoms with E-state index >= 15 is 0 Å². The second kappa shape index (κ2) is 7.48. The quantitative estimate of drug-likeness (QED) is 0.673. The minimum atomic E-state index is -0.775. The lowest BCUT2D eigenvalue weighted by atomic mass is 10.1. The zero-order valence-electron chi connectivity index (χ0n) is 12.5. The summed E-state index contributed by atoms with van der Waals surface area (Å²) in [7, 11) is 0. The molecule has 2 N–H and O–H groups in total. The Kier molecular flexibility index (Phi) is 5.40. The summed E-state index contributed by atoms with van der Waals surface area (Å²) >= 11 is 6.18.